The molecule has 1 heterocycles. The number of amides is 1. The molecule has 0 aliphatic rings. The number of nitro groups is 1. The third-order valence-electron chi connectivity index (χ3n) is 4.69. The number of sulfonamides is 1. The largest absolute Gasteiger partial charge is 0.468 e. The van der Waals surface area contributed by atoms with Gasteiger partial charge in [0, 0.05) is 29.9 Å². The van der Waals surface area contributed by atoms with Gasteiger partial charge in [0.1, 0.15) is 5.76 Å². The molecular formula is C21H22N4O6S. The Morgan fingerprint density at radius 1 is 1.12 bits per heavy atom. The molecule has 1 aromatic heterocycles. The summed E-state index contributed by atoms with van der Waals surface area (Å²) in [5.74, 6) is 0.401. The number of benzene rings is 2. The molecule has 0 unspecified atom stereocenters. The Hall–Kier alpha value is -3.70. The standard InChI is InChI=1S/C21H22N4O6S/c1-24(2)19(20-7-4-12-31-20)14-22-21(26)15-8-10-16(11-9-15)23-32(29,30)18-6-3-5-17(13-18)25(27)28/h3-13,19,23H,14H2,1-2H3,(H,22,26)/t19-/m1/s1. The van der Waals surface area contributed by atoms with Gasteiger partial charge in [0.05, 0.1) is 22.1 Å². The summed E-state index contributed by atoms with van der Waals surface area (Å²) in [6, 6.07) is 14.1. The molecule has 0 aliphatic carbocycles. The van der Waals surface area contributed by atoms with Crippen molar-refractivity contribution in [1.29, 1.82) is 0 Å². The number of carbonyl (C=O) groups is 1. The van der Waals surface area contributed by atoms with E-state index in [1.54, 1.807) is 12.3 Å². The Morgan fingerprint density at radius 3 is 2.44 bits per heavy atom. The van der Waals surface area contributed by atoms with Crippen molar-refractivity contribution in [2.45, 2.75) is 10.9 Å². The molecule has 32 heavy (non-hydrogen) atoms. The lowest BCUT2D eigenvalue weighted by Gasteiger charge is -2.22. The van der Waals surface area contributed by atoms with Crippen molar-refractivity contribution >= 4 is 27.3 Å². The topological polar surface area (TPSA) is 135 Å². The van der Waals surface area contributed by atoms with Crippen LogP contribution < -0.4 is 10.0 Å². The summed E-state index contributed by atoms with van der Waals surface area (Å²) in [5, 5.41) is 13.7. The van der Waals surface area contributed by atoms with Gasteiger partial charge in [0.25, 0.3) is 21.6 Å². The fourth-order valence-electron chi connectivity index (χ4n) is 2.98. The summed E-state index contributed by atoms with van der Waals surface area (Å²) in [5.41, 5.74) is 0.237. The molecule has 10 nitrogen and oxygen atoms in total. The zero-order chi connectivity index (χ0) is 23.3. The maximum Gasteiger partial charge on any atom is 0.270 e. The van der Waals surface area contributed by atoms with Crippen LogP contribution in [0.5, 0.6) is 0 Å². The van der Waals surface area contributed by atoms with Crippen LogP contribution in [-0.4, -0.2) is 44.8 Å². The van der Waals surface area contributed by atoms with Crippen LogP contribution in [0.3, 0.4) is 0 Å². The van der Waals surface area contributed by atoms with Crippen LogP contribution in [0.25, 0.3) is 0 Å². The lowest BCUT2D eigenvalue weighted by molar-refractivity contribution is -0.385. The number of hydrogen-bond donors (Lipinski definition) is 2. The Labute approximate surface area is 185 Å². The first-order valence-corrected chi connectivity index (χ1v) is 11.0. The number of anilines is 1. The first-order chi connectivity index (χ1) is 15.2. The number of likely N-dealkylation sites (N-methyl/N-ethyl adjacent to an activating group) is 1. The Morgan fingerprint density at radius 2 is 1.84 bits per heavy atom. The lowest BCUT2D eigenvalue weighted by Crippen LogP contribution is -2.34. The zero-order valence-corrected chi connectivity index (χ0v) is 18.2. The highest BCUT2D eigenvalue weighted by Crippen LogP contribution is 2.21. The van der Waals surface area contributed by atoms with Gasteiger partial charge >= 0.3 is 0 Å². The predicted molar refractivity (Wildman–Crippen MR) is 118 cm³/mol. The number of nitrogens with zero attached hydrogens (tertiary/aromatic N) is 2. The van der Waals surface area contributed by atoms with Crippen molar-refractivity contribution < 1.29 is 22.6 Å². The van der Waals surface area contributed by atoms with E-state index in [-0.39, 0.29) is 28.2 Å². The number of furan rings is 1. The smallest absolute Gasteiger partial charge is 0.270 e. The van der Waals surface area contributed by atoms with E-state index in [1.807, 2.05) is 25.1 Å². The highest BCUT2D eigenvalue weighted by atomic mass is 32.2. The van der Waals surface area contributed by atoms with Crippen LogP contribution in [0.1, 0.15) is 22.2 Å². The first kappa shape index (κ1) is 23.0. The number of hydrogen-bond acceptors (Lipinski definition) is 7. The fourth-order valence-corrected chi connectivity index (χ4v) is 4.08. The van der Waals surface area contributed by atoms with Gasteiger partial charge in [0.15, 0.2) is 0 Å². The van der Waals surface area contributed by atoms with Crippen molar-refractivity contribution in [1.82, 2.24) is 10.2 Å². The molecule has 0 bridgehead atoms. The second kappa shape index (κ2) is 9.62. The molecule has 3 rings (SSSR count). The first-order valence-electron chi connectivity index (χ1n) is 9.53. The Bertz CT molecular complexity index is 1190. The van der Waals surface area contributed by atoms with Crippen molar-refractivity contribution in [2.75, 3.05) is 25.4 Å². The van der Waals surface area contributed by atoms with Gasteiger partial charge in [-0.1, -0.05) is 6.07 Å². The average molecular weight is 458 g/mol. The van der Waals surface area contributed by atoms with Crippen molar-refractivity contribution in [3.63, 3.8) is 0 Å². The number of non-ortho nitro benzene ring substituents is 1. The number of nitrogens with one attached hydrogen (secondary N) is 2. The number of nitro benzene ring substituents is 1. The molecule has 0 radical (unpaired) electrons. The third-order valence-corrected chi connectivity index (χ3v) is 6.07. The van der Waals surface area contributed by atoms with E-state index in [9.17, 15) is 23.3 Å². The predicted octanol–water partition coefficient (Wildman–Crippen LogP) is 3.02. The summed E-state index contributed by atoms with van der Waals surface area (Å²) in [6.07, 6.45) is 1.57. The van der Waals surface area contributed by atoms with Crippen LogP contribution in [0.15, 0.2) is 76.2 Å². The molecule has 2 aromatic carbocycles. The van der Waals surface area contributed by atoms with E-state index >= 15 is 0 Å². The molecule has 0 fully saturated rings. The van der Waals surface area contributed by atoms with Gasteiger partial charge in [-0.3, -0.25) is 24.5 Å². The van der Waals surface area contributed by atoms with Crippen LogP contribution in [-0.2, 0) is 10.0 Å². The molecule has 3 aromatic rings. The minimum atomic E-state index is -4.03. The Balaban J connectivity index is 1.66. The summed E-state index contributed by atoms with van der Waals surface area (Å²) >= 11 is 0. The average Bonchev–Trinajstić information content (AvgIpc) is 3.28. The molecule has 0 aliphatic heterocycles. The molecule has 0 spiro atoms. The van der Waals surface area contributed by atoms with Gasteiger partial charge in [-0.25, -0.2) is 8.42 Å². The van der Waals surface area contributed by atoms with Crippen molar-refractivity contribution in [3.05, 3.63) is 88.4 Å². The molecule has 11 heteroatoms. The van der Waals surface area contributed by atoms with Gasteiger partial charge < -0.3 is 9.73 Å². The van der Waals surface area contributed by atoms with Crippen LogP contribution >= 0.6 is 0 Å². The van der Waals surface area contributed by atoms with Gasteiger partial charge in [-0.05, 0) is 56.6 Å². The van der Waals surface area contributed by atoms with Crippen LogP contribution in [0.4, 0.5) is 11.4 Å². The van der Waals surface area contributed by atoms with Crippen molar-refractivity contribution in [2.24, 2.45) is 0 Å². The second-order valence-corrected chi connectivity index (χ2v) is 8.82. The monoisotopic (exact) mass is 458 g/mol. The maximum absolute atomic E-state index is 12.5. The molecule has 0 saturated carbocycles. The van der Waals surface area contributed by atoms with Crippen molar-refractivity contribution in [3.8, 4) is 0 Å². The lowest BCUT2D eigenvalue weighted by atomic mass is 10.1. The van der Waals surface area contributed by atoms with E-state index in [2.05, 4.69) is 10.0 Å². The third kappa shape index (κ3) is 5.50. The molecule has 2 N–H and O–H groups in total. The van der Waals surface area contributed by atoms with E-state index in [0.717, 1.165) is 11.8 Å². The minimum absolute atomic E-state index is 0.144. The highest BCUT2D eigenvalue weighted by molar-refractivity contribution is 7.92. The molecule has 1 amide bonds. The second-order valence-electron chi connectivity index (χ2n) is 7.14. The summed E-state index contributed by atoms with van der Waals surface area (Å²) in [4.78, 5) is 24.4. The molecular weight excluding hydrogens is 436 g/mol. The van der Waals surface area contributed by atoms with Crippen LogP contribution in [0, 0.1) is 10.1 Å². The SMILES string of the molecule is CN(C)[C@H](CNC(=O)c1ccc(NS(=O)(=O)c2cccc([N+](=O)[O-])c2)cc1)c1ccco1. The van der Waals surface area contributed by atoms with E-state index in [4.69, 9.17) is 4.42 Å². The van der Waals surface area contributed by atoms with Gasteiger partial charge in [0.2, 0.25) is 0 Å². The zero-order valence-electron chi connectivity index (χ0n) is 17.4. The maximum atomic E-state index is 12.5. The molecule has 168 valence electrons. The fraction of sp³-hybridized carbons (Fsp3) is 0.190. The highest BCUT2D eigenvalue weighted by Gasteiger charge is 2.20. The van der Waals surface area contributed by atoms with Gasteiger partial charge in [-0.2, -0.15) is 0 Å². The Kier molecular flexibility index (Phi) is 6.91. The minimum Gasteiger partial charge on any atom is -0.468 e. The summed E-state index contributed by atoms with van der Waals surface area (Å²) < 4.78 is 32.8. The quantitative estimate of drug-likeness (QED) is 0.372. The molecule has 0 saturated heterocycles. The van der Waals surface area contributed by atoms with E-state index in [1.165, 1.54) is 42.5 Å². The van der Waals surface area contributed by atoms with E-state index < -0.39 is 14.9 Å². The van der Waals surface area contributed by atoms with Crippen LogP contribution in [0.2, 0.25) is 0 Å². The summed E-state index contributed by atoms with van der Waals surface area (Å²) in [7, 11) is -0.276. The van der Waals surface area contributed by atoms with Gasteiger partial charge in [-0.15, -0.1) is 0 Å². The number of rotatable bonds is 9. The molecule has 1 atom stereocenters. The normalized spacial score (nSPS) is 12.3. The summed E-state index contributed by atoms with van der Waals surface area (Å²) in [6.45, 7) is 0.320. The van der Waals surface area contributed by atoms with E-state index in [0.29, 0.717) is 12.1 Å². The number of carbonyl (C=O) groups excluding carboxylic acids is 1.